The van der Waals surface area contributed by atoms with Gasteiger partial charge in [0.25, 0.3) is 0 Å². The van der Waals surface area contributed by atoms with Gasteiger partial charge in [0.2, 0.25) is 0 Å². The molecule has 0 heterocycles. The van der Waals surface area contributed by atoms with Crippen molar-refractivity contribution in [3.05, 3.63) is 29.8 Å². The summed E-state index contributed by atoms with van der Waals surface area (Å²) < 4.78 is 10.3. The zero-order valence-corrected chi connectivity index (χ0v) is 20.2. The number of nitrogens with one attached hydrogen (secondary N) is 1. The molecular weight excluding hydrogens is 408 g/mol. The third kappa shape index (κ3) is 7.78. The van der Waals surface area contributed by atoms with Crippen LogP contribution in [0.1, 0.15) is 57.9 Å². The molecule has 7 heteroatoms. The smallest absolute Gasteiger partial charge is 0.412 e. The lowest BCUT2D eigenvalue weighted by Crippen LogP contribution is -2.43. The lowest BCUT2D eigenvalue weighted by atomic mass is 9.71. The van der Waals surface area contributed by atoms with Crippen molar-refractivity contribution in [3.63, 3.8) is 0 Å². The molecule has 0 saturated heterocycles. The molecule has 0 aliphatic heterocycles. The first-order valence-corrected chi connectivity index (χ1v) is 11.6. The SMILES string of the molecule is COC(=O)C[C@H](CNC(=O)Oc1cccc([C@@]2(O)CCCC[C@@H]2CN(C)C)c1)CC(C)C. The van der Waals surface area contributed by atoms with Crippen LogP contribution in [0.5, 0.6) is 5.75 Å². The highest BCUT2D eigenvalue weighted by atomic mass is 16.6. The number of carbonyl (C=O) groups excluding carboxylic acids is 2. The van der Waals surface area contributed by atoms with Crippen molar-refractivity contribution < 1.29 is 24.2 Å². The molecule has 180 valence electrons. The van der Waals surface area contributed by atoms with Crippen LogP contribution in [0.2, 0.25) is 0 Å². The Labute approximate surface area is 192 Å². The van der Waals surface area contributed by atoms with Gasteiger partial charge in [-0.15, -0.1) is 0 Å². The molecule has 0 bridgehead atoms. The number of aliphatic hydroxyl groups is 1. The molecule has 2 rings (SSSR count). The molecule has 1 saturated carbocycles. The number of esters is 1. The molecular formula is C25H40N2O5. The summed E-state index contributed by atoms with van der Waals surface area (Å²) in [6, 6.07) is 7.22. The first-order chi connectivity index (χ1) is 15.1. The van der Waals surface area contributed by atoms with Gasteiger partial charge >= 0.3 is 12.1 Å². The highest BCUT2D eigenvalue weighted by Crippen LogP contribution is 2.42. The summed E-state index contributed by atoms with van der Waals surface area (Å²) in [5.41, 5.74) is -0.140. The minimum Gasteiger partial charge on any atom is -0.469 e. The second-order valence-electron chi connectivity index (χ2n) is 9.70. The maximum absolute atomic E-state index is 12.4. The van der Waals surface area contributed by atoms with Crippen molar-refractivity contribution in [2.24, 2.45) is 17.8 Å². The minimum absolute atomic E-state index is 0.0175. The van der Waals surface area contributed by atoms with Crippen molar-refractivity contribution >= 4 is 12.1 Å². The number of rotatable bonds is 10. The summed E-state index contributed by atoms with van der Waals surface area (Å²) >= 11 is 0. The van der Waals surface area contributed by atoms with Crippen LogP contribution in [0.3, 0.4) is 0 Å². The number of carbonyl (C=O) groups is 2. The van der Waals surface area contributed by atoms with E-state index in [-0.39, 0.29) is 24.2 Å². The van der Waals surface area contributed by atoms with Gasteiger partial charge in [-0.2, -0.15) is 0 Å². The Morgan fingerprint density at radius 3 is 2.69 bits per heavy atom. The Hall–Kier alpha value is -2.12. The lowest BCUT2D eigenvalue weighted by Gasteiger charge is -2.41. The van der Waals surface area contributed by atoms with Crippen LogP contribution < -0.4 is 10.1 Å². The van der Waals surface area contributed by atoms with Gasteiger partial charge in [0.05, 0.1) is 19.1 Å². The van der Waals surface area contributed by atoms with E-state index in [1.165, 1.54) is 7.11 Å². The normalized spacial score (nSPS) is 21.9. The van der Waals surface area contributed by atoms with Crippen LogP contribution in [-0.4, -0.2) is 56.4 Å². The summed E-state index contributed by atoms with van der Waals surface area (Å²) in [6.07, 6.45) is 4.24. The first kappa shape index (κ1) is 26.1. The Kier molecular flexibility index (Phi) is 9.97. The molecule has 0 radical (unpaired) electrons. The van der Waals surface area contributed by atoms with Crippen LogP contribution >= 0.6 is 0 Å². The molecule has 7 nitrogen and oxygen atoms in total. The van der Waals surface area contributed by atoms with E-state index in [0.29, 0.717) is 24.6 Å². The number of hydrogen-bond acceptors (Lipinski definition) is 6. The zero-order chi connectivity index (χ0) is 23.7. The highest BCUT2D eigenvalue weighted by Gasteiger charge is 2.40. The average Bonchev–Trinajstić information content (AvgIpc) is 2.73. The summed E-state index contributed by atoms with van der Waals surface area (Å²) in [5, 5.41) is 14.3. The molecule has 32 heavy (non-hydrogen) atoms. The predicted molar refractivity (Wildman–Crippen MR) is 124 cm³/mol. The lowest BCUT2D eigenvalue weighted by molar-refractivity contribution is -0.141. The van der Waals surface area contributed by atoms with E-state index in [0.717, 1.165) is 37.8 Å². The van der Waals surface area contributed by atoms with E-state index in [1.807, 2.05) is 26.2 Å². The fraction of sp³-hybridized carbons (Fsp3) is 0.680. The van der Waals surface area contributed by atoms with Crippen LogP contribution in [0.4, 0.5) is 4.79 Å². The van der Waals surface area contributed by atoms with Crippen molar-refractivity contribution in [1.29, 1.82) is 0 Å². The Morgan fingerprint density at radius 1 is 1.28 bits per heavy atom. The Morgan fingerprint density at radius 2 is 2.03 bits per heavy atom. The molecule has 3 atom stereocenters. The minimum atomic E-state index is -0.929. The third-order valence-corrected chi connectivity index (χ3v) is 6.19. The number of hydrogen-bond donors (Lipinski definition) is 2. The summed E-state index contributed by atoms with van der Waals surface area (Å²) in [4.78, 5) is 26.2. The van der Waals surface area contributed by atoms with Crippen LogP contribution in [-0.2, 0) is 15.1 Å². The van der Waals surface area contributed by atoms with Gasteiger partial charge in [0, 0.05) is 19.0 Å². The average molecular weight is 449 g/mol. The third-order valence-electron chi connectivity index (χ3n) is 6.19. The number of methoxy groups -OCH3 is 1. The fourth-order valence-electron chi connectivity index (χ4n) is 4.72. The summed E-state index contributed by atoms with van der Waals surface area (Å²) in [5.74, 6) is 0.620. The predicted octanol–water partition coefficient (Wildman–Crippen LogP) is 3.94. The van der Waals surface area contributed by atoms with E-state index < -0.39 is 11.7 Å². The van der Waals surface area contributed by atoms with Crippen molar-refractivity contribution in [2.75, 3.05) is 34.3 Å². The molecule has 1 aromatic carbocycles. The summed E-state index contributed by atoms with van der Waals surface area (Å²) in [6.45, 7) is 5.29. The number of nitrogens with zero attached hydrogens (tertiary/aromatic N) is 1. The maximum Gasteiger partial charge on any atom is 0.412 e. The van der Waals surface area contributed by atoms with E-state index >= 15 is 0 Å². The quantitative estimate of drug-likeness (QED) is 0.527. The summed E-state index contributed by atoms with van der Waals surface area (Å²) in [7, 11) is 5.41. The van der Waals surface area contributed by atoms with E-state index in [2.05, 4.69) is 24.1 Å². The molecule has 0 spiro atoms. The van der Waals surface area contributed by atoms with Gasteiger partial charge in [0.1, 0.15) is 5.75 Å². The van der Waals surface area contributed by atoms with E-state index in [9.17, 15) is 14.7 Å². The number of amides is 1. The molecule has 0 aromatic heterocycles. The van der Waals surface area contributed by atoms with Crippen LogP contribution in [0.25, 0.3) is 0 Å². The largest absolute Gasteiger partial charge is 0.469 e. The van der Waals surface area contributed by atoms with E-state index in [1.54, 1.807) is 12.1 Å². The topological polar surface area (TPSA) is 88.1 Å². The van der Waals surface area contributed by atoms with Crippen molar-refractivity contribution in [1.82, 2.24) is 10.2 Å². The zero-order valence-electron chi connectivity index (χ0n) is 20.2. The van der Waals surface area contributed by atoms with Crippen molar-refractivity contribution in [3.8, 4) is 5.75 Å². The molecule has 1 aliphatic rings. The number of benzene rings is 1. The Bertz CT molecular complexity index is 752. The fourth-order valence-corrected chi connectivity index (χ4v) is 4.72. The van der Waals surface area contributed by atoms with Gasteiger partial charge in [-0.1, -0.05) is 38.8 Å². The van der Waals surface area contributed by atoms with Gasteiger partial charge in [0.15, 0.2) is 0 Å². The van der Waals surface area contributed by atoms with Gasteiger partial charge < -0.3 is 24.8 Å². The second kappa shape index (κ2) is 12.2. The van der Waals surface area contributed by atoms with Crippen LogP contribution in [0, 0.1) is 17.8 Å². The molecule has 2 N–H and O–H groups in total. The van der Waals surface area contributed by atoms with Gasteiger partial charge in [-0.25, -0.2) is 4.79 Å². The number of ether oxygens (including phenoxy) is 2. The highest BCUT2D eigenvalue weighted by molar-refractivity contribution is 5.71. The maximum atomic E-state index is 12.4. The Balaban J connectivity index is 2.03. The van der Waals surface area contributed by atoms with Crippen molar-refractivity contribution in [2.45, 2.75) is 58.0 Å². The standard InChI is InChI=1S/C25H40N2O5/c1-18(2)13-19(14-23(28)31-5)16-26-24(29)32-22-11-8-10-20(15-22)25(30)12-7-6-9-21(25)17-27(3)4/h8,10-11,15,18-19,21,30H,6-7,9,12-14,16-17H2,1-5H3,(H,26,29)/t19-,21-,25+/m1/s1. The van der Waals surface area contributed by atoms with Gasteiger partial charge in [-0.05, 0) is 62.9 Å². The van der Waals surface area contributed by atoms with E-state index in [4.69, 9.17) is 9.47 Å². The van der Waals surface area contributed by atoms with Crippen LogP contribution in [0.15, 0.2) is 24.3 Å². The molecule has 0 unspecified atom stereocenters. The molecule has 1 fully saturated rings. The molecule has 1 aliphatic carbocycles. The second-order valence-corrected chi connectivity index (χ2v) is 9.70. The molecule has 1 amide bonds. The molecule has 1 aromatic rings. The van der Waals surface area contributed by atoms with Gasteiger partial charge in [-0.3, -0.25) is 4.79 Å². The monoisotopic (exact) mass is 448 g/mol. The first-order valence-electron chi connectivity index (χ1n) is 11.6.